The van der Waals surface area contributed by atoms with Crippen molar-refractivity contribution in [3.05, 3.63) is 32.7 Å². The zero-order valence-electron chi connectivity index (χ0n) is 12.1. The fourth-order valence-electron chi connectivity index (χ4n) is 3.24. The molecule has 1 fully saturated rings. The van der Waals surface area contributed by atoms with Crippen LogP contribution >= 0.6 is 22.9 Å². The Morgan fingerprint density at radius 3 is 3.24 bits per heavy atom. The summed E-state index contributed by atoms with van der Waals surface area (Å²) in [5.41, 5.74) is 7.97. The van der Waals surface area contributed by atoms with Gasteiger partial charge in [-0.05, 0) is 31.0 Å². The molecular formula is C14H21ClN4OS. The lowest BCUT2D eigenvalue weighted by Crippen LogP contribution is -2.51. The molecular weight excluding hydrogens is 308 g/mol. The molecule has 0 radical (unpaired) electrons. The first-order chi connectivity index (χ1) is 10.00. The molecule has 2 aliphatic rings. The zero-order valence-corrected chi connectivity index (χ0v) is 13.6. The lowest BCUT2D eigenvalue weighted by atomic mass is 9.82. The van der Waals surface area contributed by atoms with Crippen molar-refractivity contribution in [3.63, 3.8) is 0 Å². The molecule has 5 nitrogen and oxygen atoms in total. The minimum atomic E-state index is -0.257. The second-order valence-corrected chi connectivity index (χ2v) is 7.44. The highest BCUT2D eigenvalue weighted by Gasteiger charge is 2.44. The Morgan fingerprint density at radius 2 is 2.48 bits per heavy atom. The number of fused-ring (bicyclic) bond motifs is 2. The first-order valence-electron chi connectivity index (χ1n) is 7.11. The minimum absolute atomic E-state index is 0.0663. The van der Waals surface area contributed by atoms with E-state index in [1.165, 1.54) is 15.4 Å². The van der Waals surface area contributed by atoms with Crippen LogP contribution in [0.15, 0.2) is 18.0 Å². The van der Waals surface area contributed by atoms with Crippen LogP contribution in [0.4, 0.5) is 0 Å². The fraction of sp³-hybridized carbons (Fsp3) is 0.571. The van der Waals surface area contributed by atoms with E-state index in [9.17, 15) is 0 Å². The molecule has 1 saturated heterocycles. The number of hydrazine groups is 1. The van der Waals surface area contributed by atoms with Crippen molar-refractivity contribution in [3.8, 4) is 0 Å². The van der Waals surface area contributed by atoms with E-state index in [1.807, 2.05) is 0 Å². The summed E-state index contributed by atoms with van der Waals surface area (Å²) in [6.45, 7) is 1.61. The topological polar surface area (TPSA) is 76.5 Å². The molecule has 1 spiro atoms. The van der Waals surface area contributed by atoms with E-state index in [-0.39, 0.29) is 11.6 Å². The average Bonchev–Trinajstić information content (AvgIpc) is 2.81. The maximum Gasteiger partial charge on any atom is 0.106 e. The third-order valence-electron chi connectivity index (χ3n) is 4.15. The lowest BCUT2D eigenvalue weighted by Gasteiger charge is -2.43. The Balaban J connectivity index is 1.89. The van der Waals surface area contributed by atoms with Crippen LogP contribution < -0.4 is 16.9 Å². The quantitative estimate of drug-likeness (QED) is 0.567. The SMILES string of the molecule is CN(N)/C=C(\N)C1CC2(CCN1)OCCc1cc(Cl)sc12. The van der Waals surface area contributed by atoms with Crippen molar-refractivity contribution in [2.24, 2.45) is 11.6 Å². The van der Waals surface area contributed by atoms with Crippen molar-refractivity contribution in [2.45, 2.75) is 30.9 Å². The predicted octanol–water partition coefficient (Wildman–Crippen LogP) is 1.53. The third kappa shape index (κ3) is 2.91. The number of piperidine rings is 1. The maximum absolute atomic E-state index is 6.22. The van der Waals surface area contributed by atoms with Crippen molar-refractivity contribution < 1.29 is 4.74 Å². The zero-order chi connectivity index (χ0) is 15.0. The number of hydrogen-bond donors (Lipinski definition) is 3. The Bertz CT molecular complexity index is 559. The van der Waals surface area contributed by atoms with Gasteiger partial charge in [0.25, 0.3) is 0 Å². The number of ether oxygens (including phenoxy) is 1. The number of thiophene rings is 1. The van der Waals surface area contributed by atoms with Gasteiger partial charge in [0.05, 0.1) is 17.0 Å². The van der Waals surface area contributed by atoms with Gasteiger partial charge in [-0.3, -0.25) is 0 Å². The molecule has 1 aromatic heterocycles. The second kappa shape index (κ2) is 5.78. The van der Waals surface area contributed by atoms with Gasteiger partial charge in [0, 0.05) is 30.2 Å². The summed E-state index contributed by atoms with van der Waals surface area (Å²) in [6, 6.07) is 2.15. The van der Waals surface area contributed by atoms with Gasteiger partial charge < -0.3 is 20.8 Å². The second-order valence-electron chi connectivity index (χ2n) is 5.75. The predicted molar refractivity (Wildman–Crippen MR) is 85.9 cm³/mol. The number of nitrogens with two attached hydrogens (primary N) is 2. The molecule has 0 aliphatic carbocycles. The molecule has 2 atom stereocenters. The highest BCUT2D eigenvalue weighted by Crippen LogP contribution is 2.46. The van der Waals surface area contributed by atoms with Crippen LogP contribution in [0.2, 0.25) is 4.34 Å². The van der Waals surface area contributed by atoms with Gasteiger partial charge in [-0.2, -0.15) is 0 Å². The van der Waals surface area contributed by atoms with Crippen molar-refractivity contribution in [1.29, 1.82) is 0 Å². The molecule has 3 heterocycles. The summed E-state index contributed by atoms with van der Waals surface area (Å²) in [5, 5.41) is 4.93. The van der Waals surface area contributed by atoms with Crippen LogP contribution in [-0.4, -0.2) is 31.3 Å². The van der Waals surface area contributed by atoms with E-state index in [1.54, 1.807) is 24.6 Å². The molecule has 7 heteroatoms. The van der Waals surface area contributed by atoms with Gasteiger partial charge >= 0.3 is 0 Å². The van der Waals surface area contributed by atoms with Crippen LogP contribution in [0.1, 0.15) is 23.3 Å². The Hall–Kier alpha value is -0.790. The maximum atomic E-state index is 6.22. The average molecular weight is 329 g/mol. The number of hydrogen-bond acceptors (Lipinski definition) is 6. The van der Waals surface area contributed by atoms with E-state index >= 15 is 0 Å². The van der Waals surface area contributed by atoms with Crippen molar-refractivity contribution in [2.75, 3.05) is 20.2 Å². The monoisotopic (exact) mass is 328 g/mol. The van der Waals surface area contributed by atoms with Crippen molar-refractivity contribution >= 4 is 22.9 Å². The molecule has 0 bridgehead atoms. The summed E-state index contributed by atoms with van der Waals surface area (Å²) in [5.74, 6) is 5.65. The van der Waals surface area contributed by atoms with Gasteiger partial charge in [-0.15, -0.1) is 11.3 Å². The molecule has 21 heavy (non-hydrogen) atoms. The highest BCUT2D eigenvalue weighted by molar-refractivity contribution is 7.16. The Labute approximate surface area is 133 Å². The smallest absolute Gasteiger partial charge is 0.106 e. The summed E-state index contributed by atoms with van der Waals surface area (Å²) in [6.07, 6.45) is 4.45. The minimum Gasteiger partial charge on any atom is -0.400 e. The molecule has 0 amide bonds. The molecule has 3 rings (SSSR count). The van der Waals surface area contributed by atoms with E-state index in [2.05, 4.69) is 11.4 Å². The van der Waals surface area contributed by atoms with E-state index < -0.39 is 0 Å². The van der Waals surface area contributed by atoms with Gasteiger partial charge in [0.1, 0.15) is 5.60 Å². The molecule has 116 valence electrons. The molecule has 5 N–H and O–H groups in total. The normalized spacial score (nSPS) is 29.5. The van der Waals surface area contributed by atoms with Crippen molar-refractivity contribution in [1.82, 2.24) is 10.3 Å². The highest BCUT2D eigenvalue weighted by atomic mass is 35.5. The van der Waals surface area contributed by atoms with Crippen LogP contribution in [0.3, 0.4) is 0 Å². The van der Waals surface area contributed by atoms with Gasteiger partial charge in [-0.25, -0.2) is 5.84 Å². The van der Waals surface area contributed by atoms with Crippen LogP contribution in [0.5, 0.6) is 0 Å². The van der Waals surface area contributed by atoms with Crippen LogP contribution in [-0.2, 0) is 16.8 Å². The molecule has 2 unspecified atom stereocenters. The summed E-state index contributed by atoms with van der Waals surface area (Å²) in [4.78, 5) is 1.28. The van der Waals surface area contributed by atoms with Gasteiger partial charge in [0.2, 0.25) is 0 Å². The molecule has 0 saturated carbocycles. The van der Waals surface area contributed by atoms with Crippen LogP contribution in [0, 0.1) is 0 Å². The number of nitrogens with zero attached hydrogens (tertiary/aromatic N) is 1. The van der Waals surface area contributed by atoms with Gasteiger partial charge in [-0.1, -0.05) is 11.6 Å². The Kier molecular flexibility index (Phi) is 4.16. The first kappa shape index (κ1) is 15.1. The van der Waals surface area contributed by atoms with E-state index in [4.69, 9.17) is 27.9 Å². The van der Waals surface area contributed by atoms with Crippen LogP contribution in [0.25, 0.3) is 0 Å². The molecule has 2 aliphatic heterocycles. The number of rotatable bonds is 2. The Morgan fingerprint density at radius 1 is 1.67 bits per heavy atom. The summed E-state index contributed by atoms with van der Waals surface area (Å²) in [7, 11) is 1.76. The largest absolute Gasteiger partial charge is 0.400 e. The summed E-state index contributed by atoms with van der Waals surface area (Å²) >= 11 is 7.85. The standard InChI is InChI=1S/C14H21ClN4OS/c1-19(17)8-10(16)11-7-14(3-4-18-11)13-9(2-5-20-14)6-12(15)21-13/h6,8,11,18H,2-5,7,16-17H2,1H3/b10-8-. The van der Waals surface area contributed by atoms with E-state index in [0.29, 0.717) is 0 Å². The third-order valence-corrected chi connectivity index (χ3v) is 5.64. The first-order valence-corrected chi connectivity index (χ1v) is 8.30. The lowest BCUT2D eigenvalue weighted by molar-refractivity contribution is -0.0837. The molecule has 0 aromatic carbocycles. The summed E-state index contributed by atoms with van der Waals surface area (Å²) < 4.78 is 7.05. The number of halogens is 1. The number of nitrogens with one attached hydrogen (secondary N) is 1. The molecule has 1 aromatic rings. The fourth-order valence-corrected chi connectivity index (χ4v) is 4.72. The van der Waals surface area contributed by atoms with Gasteiger partial charge in [0.15, 0.2) is 0 Å². The van der Waals surface area contributed by atoms with E-state index in [0.717, 1.165) is 42.4 Å².